The normalized spacial score (nSPS) is 18.2. The fourth-order valence-corrected chi connectivity index (χ4v) is 3.90. The van der Waals surface area contributed by atoms with Crippen molar-refractivity contribution in [2.24, 2.45) is 0 Å². The SMILES string of the molecule is CCOC(=O)c1ccsc1NC(=O)CN1C(=O)NC(C)(c2ccc(OC(F)(F)F)cc2)C1=O. The second-order valence-electron chi connectivity index (χ2n) is 6.95. The Hall–Kier alpha value is -3.61. The van der Waals surface area contributed by atoms with E-state index in [9.17, 15) is 32.3 Å². The van der Waals surface area contributed by atoms with Gasteiger partial charge in [0, 0.05) is 0 Å². The van der Waals surface area contributed by atoms with Crippen molar-refractivity contribution in [2.75, 3.05) is 18.5 Å². The molecule has 1 aliphatic heterocycles. The number of ether oxygens (including phenoxy) is 2. The summed E-state index contributed by atoms with van der Waals surface area (Å²) in [4.78, 5) is 50.4. The molecule has 0 bridgehead atoms. The highest BCUT2D eigenvalue weighted by Crippen LogP contribution is 2.31. The molecule has 13 heteroatoms. The maximum Gasteiger partial charge on any atom is 0.573 e. The molecule has 4 amide bonds. The lowest BCUT2D eigenvalue weighted by Gasteiger charge is -2.22. The standard InChI is InChI=1S/C20H18F3N3O6S/c1-3-31-16(28)13-8-9-33-15(13)24-14(27)10-26-17(29)19(2,25-18(26)30)11-4-6-12(7-5-11)32-20(21,22)23/h4-9H,3,10H2,1-2H3,(H,24,27)(H,25,30). The van der Waals surface area contributed by atoms with E-state index < -0.39 is 48.0 Å². The average molecular weight is 485 g/mol. The molecule has 1 aromatic heterocycles. The van der Waals surface area contributed by atoms with E-state index in [-0.39, 0.29) is 22.7 Å². The molecule has 1 unspecified atom stereocenters. The van der Waals surface area contributed by atoms with Crippen molar-refractivity contribution in [3.05, 3.63) is 46.8 Å². The third-order valence-corrected chi connectivity index (χ3v) is 5.49. The average Bonchev–Trinajstić information content (AvgIpc) is 3.26. The summed E-state index contributed by atoms with van der Waals surface area (Å²) in [5.41, 5.74) is -1.27. The molecule has 1 aromatic carbocycles. The van der Waals surface area contributed by atoms with Crippen molar-refractivity contribution in [3.63, 3.8) is 0 Å². The van der Waals surface area contributed by atoms with Crippen molar-refractivity contribution >= 4 is 40.2 Å². The first-order valence-corrected chi connectivity index (χ1v) is 10.4. The Labute approximate surface area is 189 Å². The number of hydrogen-bond acceptors (Lipinski definition) is 7. The van der Waals surface area contributed by atoms with Gasteiger partial charge in [-0.3, -0.25) is 14.5 Å². The summed E-state index contributed by atoms with van der Waals surface area (Å²) in [6, 6.07) is 5.05. The van der Waals surface area contributed by atoms with Crippen molar-refractivity contribution < 1.29 is 41.8 Å². The number of anilines is 1. The van der Waals surface area contributed by atoms with E-state index in [4.69, 9.17) is 4.74 Å². The second kappa shape index (κ2) is 9.10. The fourth-order valence-electron chi connectivity index (χ4n) is 3.11. The molecule has 2 aromatic rings. The lowest BCUT2D eigenvalue weighted by Crippen LogP contribution is -2.42. The fraction of sp³-hybridized carbons (Fsp3) is 0.300. The molecule has 0 saturated carbocycles. The van der Waals surface area contributed by atoms with Crippen LogP contribution in [0.3, 0.4) is 0 Å². The highest BCUT2D eigenvalue weighted by atomic mass is 32.1. The number of nitrogens with zero attached hydrogens (tertiary/aromatic N) is 1. The molecular formula is C20H18F3N3O6S. The largest absolute Gasteiger partial charge is 0.573 e. The number of urea groups is 1. The van der Waals surface area contributed by atoms with Gasteiger partial charge in [-0.15, -0.1) is 24.5 Å². The minimum absolute atomic E-state index is 0.137. The maximum absolute atomic E-state index is 12.9. The van der Waals surface area contributed by atoms with Crippen LogP contribution in [0.15, 0.2) is 35.7 Å². The van der Waals surface area contributed by atoms with Crippen LogP contribution in [0, 0.1) is 0 Å². The van der Waals surface area contributed by atoms with E-state index in [0.717, 1.165) is 23.5 Å². The highest BCUT2D eigenvalue weighted by Gasteiger charge is 2.49. The summed E-state index contributed by atoms with van der Waals surface area (Å²) < 4.78 is 45.7. The van der Waals surface area contributed by atoms with Gasteiger partial charge in [-0.05, 0) is 43.0 Å². The van der Waals surface area contributed by atoms with Crippen LogP contribution in [0.2, 0.25) is 0 Å². The van der Waals surface area contributed by atoms with Gasteiger partial charge in [0.1, 0.15) is 22.8 Å². The van der Waals surface area contributed by atoms with E-state index >= 15 is 0 Å². The van der Waals surface area contributed by atoms with Crippen LogP contribution in [0.5, 0.6) is 5.75 Å². The molecule has 0 radical (unpaired) electrons. The topological polar surface area (TPSA) is 114 Å². The van der Waals surface area contributed by atoms with E-state index in [1.54, 1.807) is 12.3 Å². The first-order chi connectivity index (χ1) is 15.4. The number of amides is 4. The number of nitrogens with one attached hydrogen (secondary N) is 2. The van der Waals surface area contributed by atoms with Crippen LogP contribution in [-0.2, 0) is 19.9 Å². The summed E-state index contributed by atoms with van der Waals surface area (Å²) >= 11 is 1.06. The molecule has 3 rings (SSSR count). The summed E-state index contributed by atoms with van der Waals surface area (Å²) in [5, 5.41) is 6.69. The van der Waals surface area contributed by atoms with Gasteiger partial charge in [0.25, 0.3) is 5.91 Å². The first-order valence-electron chi connectivity index (χ1n) is 9.49. The maximum atomic E-state index is 12.9. The number of carbonyl (C=O) groups excluding carboxylic acids is 4. The zero-order valence-corrected chi connectivity index (χ0v) is 18.1. The summed E-state index contributed by atoms with van der Waals surface area (Å²) in [7, 11) is 0. The Morgan fingerprint density at radius 1 is 1.18 bits per heavy atom. The summed E-state index contributed by atoms with van der Waals surface area (Å²) in [6.07, 6.45) is -4.87. The highest BCUT2D eigenvalue weighted by molar-refractivity contribution is 7.14. The third-order valence-electron chi connectivity index (χ3n) is 4.66. The van der Waals surface area contributed by atoms with E-state index in [1.165, 1.54) is 25.1 Å². The van der Waals surface area contributed by atoms with Gasteiger partial charge in [0.15, 0.2) is 0 Å². The molecule has 1 saturated heterocycles. The second-order valence-corrected chi connectivity index (χ2v) is 7.87. The summed E-state index contributed by atoms with van der Waals surface area (Å²) in [6.45, 7) is 2.50. The predicted octanol–water partition coefficient (Wildman–Crippen LogP) is 3.23. The summed E-state index contributed by atoms with van der Waals surface area (Å²) in [5.74, 6) is -2.63. The van der Waals surface area contributed by atoms with E-state index in [2.05, 4.69) is 15.4 Å². The zero-order chi connectivity index (χ0) is 24.4. The number of benzene rings is 1. The third kappa shape index (κ3) is 5.25. The monoisotopic (exact) mass is 485 g/mol. The number of halogens is 3. The Bertz CT molecular complexity index is 1090. The van der Waals surface area contributed by atoms with Gasteiger partial charge in [0.2, 0.25) is 5.91 Å². The Morgan fingerprint density at radius 3 is 2.45 bits per heavy atom. The van der Waals surface area contributed by atoms with Crippen molar-refractivity contribution in [1.29, 1.82) is 0 Å². The molecule has 33 heavy (non-hydrogen) atoms. The van der Waals surface area contributed by atoms with Crippen LogP contribution in [0.4, 0.5) is 23.0 Å². The minimum atomic E-state index is -4.87. The molecule has 1 atom stereocenters. The van der Waals surface area contributed by atoms with Gasteiger partial charge in [-0.2, -0.15) is 0 Å². The van der Waals surface area contributed by atoms with Crippen molar-refractivity contribution in [1.82, 2.24) is 10.2 Å². The minimum Gasteiger partial charge on any atom is -0.462 e. The van der Waals surface area contributed by atoms with Crippen LogP contribution in [-0.4, -0.2) is 48.2 Å². The number of rotatable bonds is 7. The van der Waals surface area contributed by atoms with E-state index in [0.29, 0.717) is 4.90 Å². The van der Waals surface area contributed by atoms with Gasteiger partial charge >= 0.3 is 18.4 Å². The molecule has 0 spiro atoms. The smallest absolute Gasteiger partial charge is 0.462 e. The van der Waals surface area contributed by atoms with Gasteiger partial charge < -0.3 is 20.1 Å². The van der Waals surface area contributed by atoms with Crippen LogP contribution in [0.1, 0.15) is 29.8 Å². The van der Waals surface area contributed by atoms with Gasteiger partial charge in [0.05, 0.1) is 12.2 Å². The van der Waals surface area contributed by atoms with Gasteiger partial charge in [-0.1, -0.05) is 12.1 Å². The first kappa shape index (κ1) is 24.0. The van der Waals surface area contributed by atoms with Crippen LogP contribution < -0.4 is 15.4 Å². The number of thiophene rings is 1. The molecule has 176 valence electrons. The Morgan fingerprint density at radius 2 is 1.85 bits per heavy atom. The number of hydrogen-bond donors (Lipinski definition) is 2. The van der Waals surface area contributed by atoms with Crippen molar-refractivity contribution in [3.8, 4) is 5.75 Å². The molecule has 2 heterocycles. The number of esters is 1. The van der Waals surface area contributed by atoms with E-state index in [1.807, 2.05) is 0 Å². The molecule has 9 nitrogen and oxygen atoms in total. The lowest BCUT2D eigenvalue weighted by molar-refractivity contribution is -0.274. The predicted molar refractivity (Wildman–Crippen MR) is 110 cm³/mol. The molecular weight excluding hydrogens is 467 g/mol. The molecule has 0 aliphatic carbocycles. The van der Waals surface area contributed by atoms with Crippen LogP contribution in [0.25, 0.3) is 0 Å². The zero-order valence-electron chi connectivity index (χ0n) is 17.3. The Kier molecular flexibility index (Phi) is 6.63. The molecule has 1 aliphatic rings. The van der Waals surface area contributed by atoms with Crippen molar-refractivity contribution in [2.45, 2.75) is 25.7 Å². The lowest BCUT2D eigenvalue weighted by atomic mass is 9.92. The number of imide groups is 1. The molecule has 2 N–H and O–H groups in total. The molecule has 1 fully saturated rings. The van der Waals surface area contributed by atoms with Gasteiger partial charge in [-0.25, -0.2) is 9.59 Å². The quantitative estimate of drug-likeness (QED) is 0.460. The van der Waals surface area contributed by atoms with Crippen LogP contribution >= 0.6 is 11.3 Å². The Balaban J connectivity index is 1.71. The number of carbonyl (C=O) groups is 4. The number of alkyl halides is 3.